The molecule has 3 amide bonds. The number of aliphatic hydroxyl groups excluding tert-OH is 1. The largest absolute Gasteiger partial charge is 0.478 e. The van der Waals surface area contributed by atoms with E-state index in [1.807, 2.05) is 51.1 Å². The summed E-state index contributed by atoms with van der Waals surface area (Å²) in [5.41, 5.74) is 2.43. The van der Waals surface area contributed by atoms with E-state index >= 15 is 0 Å². The van der Waals surface area contributed by atoms with Crippen molar-refractivity contribution in [2.45, 2.75) is 115 Å². The zero-order chi connectivity index (χ0) is 45.7. The second kappa shape index (κ2) is 18.4. The highest BCUT2D eigenvalue weighted by molar-refractivity contribution is 6.33. The van der Waals surface area contributed by atoms with Crippen LogP contribution in [-0.4, -0.2) is 135 Å². The van der Waals surface area contributed by atoms with Crippen molar-refractivity contribution in [3.05, 3.63) is 69.2 Å². The fourth-order valence-corrected chi connectivity index (χ4v) is 10.2. The Labute approximate surface area is 382 Å². The minimum atomic E-state index is -1.09. The number of carbonyl (C=O) groups is 3. The number of benzene rings is 1. The van der Waals surface area contributed by atoms with Crippen molar-refractivity contribution in [3.8, 4) is 5.75 Å². The van der Waals surface area contributed by atoms with Crippen molar-refractivity contribution in [2.24, 2.45) is 0 Å². The summed E-state index contributed by atoms with van der Waals surface area (Å²) >= 11 is 6.61. The van der Waals surface area contributed by atoms with Crippen LogP contribution in [0.5, 0.6) is 5.75 Å². The summed E-state index contributed by atoms with van der Waals surface area (Å²) in [6.45, 7) is 11.9. The number of pyridine rings is 2. The van der Waals surface area contributed by atoms with Crippen molar-refractivity contribution in [1.29, 1.82) is 0 Å². The third-order valence-electron chi connectivity index (χ3n) is 13.7. The van der Waals surface area contributed by atoms with Gasteiger partial charge in [0.2, 0.25) is 11.9 Å². The molecule has 4 N–H and O–H groups in total. The quantitative estimate of drug-likeness (QED) is 0.158. The maximum Gasteiger partial charge on any atom is 0.293 e. The second-order valence-electron chi connectivity index (χ2n) is 18.2. The van der Waals surface area contributed by atoms with Crippen LogP contribution >= 0.6 is 11.6 Å². The summed E-state index contributed by atoms with van der Waals surface area (Å²) in [7, 11) is 1.52. The van der Waals surface area contributed by atoms with Gasteiger partial charge in [-0.05, 0) is 96.2 Å². The zero-order valence-corrected chi connectivity index (χ0v) is 38.3. The Morgan fingerprint density at radius 1 is 1.00 bits per heavy atom. The Morgan fingerprint density at radius 3 is 2.51 bits per heavy atom. The van der Waals surface area contributed by atoms with Crippen LogP contribution in [0.2, 0.25) is 5.02 Å². The Bertz CT molecular complexity index is 2530. The molecule has 3 unspecified atom stereocenters. The minimum Gasteiger partial charge on any atom is -0.478 e. The molecule has 1 saturated carbocycles. The van der Waals surface area contributed by atoms with Crippen LogP contribution in [0.1, 0.15) is 94.4 Å². The van der Waals surface area contributed by atoms with Crippen LogP contribution in [0.3, 0.4) is 0 Å². The van der Waals surface area contributed by atoms with Gasteiger partial charge in [0.1, 0.15) is 17.1 Å². The number of piperazine rings is 1. The number of anilines is 4. The third-order valence-corrected chi connectivity index (χ3v) is 14.0. The maximum absolute atomic E-state index is 13.4. The van der Waals surface area contributed by atoms with E-state index < -0.39 is 12.3 Å². The van der Waals surface area contributed by atoms with E-state index in [0.29, 0.717) is 40.5 Å². The van der Waals surface area contributed by atoms with E-state index in [2.05, 4.69) is 42.6 Å². The van der Waals surface area contributed by atoms with Crippen molar-refractivity contribution < 1.29 is 29.0 Å². The molecule has 3 saturated heterocycles. The molecular weight excluding hydrogens is 854 g/mol. The number of aromatic nitrogens is 4. The van der Waals surface area contributed by atoms with Gasteiger partial charge in [-0.15, -0.1) is 0 Å². The lowest BCUT2D eigenvalue weighted by Gasteiger charge is -2.49. The molecule has 5 aliphatic rings. The van der Waals surface area contributed by atoms with Gasteiger partial charge < -0.3 is 49.8 Å². The minimum absolute atomic E-state index is 0.0931. The van der Waals surface area contributed by atoms with E-state index in [4.69, 9.17) is 31.0 Å². The number of carbonyl (C=O) groups excluding carboxylic acids is 3. The number of aliphatic hydroxyl groups is 1. The number of ether oxygens (including phenoxy) is 2. The van der Waals surface area contributed by atoms with Crippen LogP contribution in [-0.2, 0) is 14.3 Å². The predicted octanol–water partition coefficient (Wildman–Crippen LogP) is 4.13. The summed E-state index contributed by atoms with van der Waals surface area (Å²) in [4.78, 5) is 73.5. The Kier molecular flexibility index (Phi) is 12.6. The number of nitrogens with zero attached hydrogens (tertiary/aromatic N) is 8. The molecule has 346 valence electrons. The van der Waals surface area contributed by atoms with Crippen molar-refractivity contribution in [3.63, 3.8) is 0 Å². The Morgan fingerprint density at radius 2 is 1.78 bits per heavy atom. The molecule has 4 aromatic rings. The predicted molar refractivity (Wildman–Crippen MR) is 246 cm³/mol. The summed E-state index contributed by atoms with van der Waals surface area (Å²) in [5, 5.41) is 20.1. The number of halogens is 1. The Hall–Kier alpha value is -5.56. The molecule has 0 radical (unpaired) electrons. The lowest BCUT2D eigenvalue weighted by Crippen LogP contribution is -2.59. The van der Waals surface area contributed by atoms with E-state index in [1.54, 1.807) is 21.7 Å². The zero-order valence-electron chi connectivity index (χ0n) is 37.5. The van der Waals surface area contributed by atoms with E-state index in [-0.39, 0.29) is 72.4 Å². The average Bonchev–Trinajstić information content (AvgIpc) is 3.52. The molecule has 0 spiro atoms. The topological polar surface area (TPSA) is 200 Å². The molecule has 1 aromatic carbocycles. The molecule has 65 heavy (non-hydrogen) atoms. The number of hydrogen-bond acceptors (Lipinski definition) is 14. The smallest absolute Gasteiger partial charge is 0.293 e. The van der Waals surface area contributed by atoms with Gasteiger partial charge in [0.15, 0.2) is 18.2 Å². The van der Waals surface area contributed by atoms with Gasteiger partial charge in [0.05, 0.1) is 47.3 Å². The molecular formula is C46H58ClN11O7. The third kappa shape index (κ3) is 8.92. The second-order valence-corrected chi connectivity index (χ2v) is 18.6. The number of amides is 3. The molecule has 4 fully saturated rings. The molecule has 0 bridgehead atoms. The maximum atomic E-state index is 13.4. The van der Waals surface area contributed by atoms with Crippen LogP contribution in [0, 0.1) is 0 Å². The standard InChI is InChI=1S/C46H58ClN11O7/c1-25(2)57-35-8-6-29(18-28(35)19-37(45(57)63)64-24-40(60)48-5)50-42-34(47)22-49-46(53-42)54-14-12-31(13-15-54)65-32-20-30(21-32)55-16-17-56(26(3)23-55)38-10-7-33-41(51-38)27(4)58(44(33)62)36-9-11-39(59)52-43(36)61/h6-8,10,18-19,22,25-27,30-32,36,43,61H,9,11-17,20-21,23-24H2,1-5H3,(H,48,60)(H,52,59)(H,49,50,53)/t26-,27?,30-,32-,36?,43?/m0/s1. The first-order valence-corrected chi connectivity index (χ1v) is 23.2. The number of hydrogen-bond donors (Lipinski definition) is 4. The van der Waals surface area contributed by atoms with Crippen LogP contribution in [0.25, 0.3) is 10.9 Å². The fourth-order valence-electron chi connectivity index (χ4n) is 10.1. The van der Waals surface area contributed by atoms with Crippen molar-refractivity contribution in [2.75, 3.05) is 61.5 Å². The summed E-state index contributed by atoms with van der Waals surface area (Å²) < 4.78 is 13.9. The van der Waals surface area contributed by atoms with Gasteiger partial charge in [0, 0.05) is 75.4 Å². The lowest BCUT2D eigenvalue weighted by atomic mass is 9.86. The SMILES string of the molecule is CNC(=O)COc1cc2cc(Nc3nc(N4CCC(O[C@H]5C[C@H](N6CCN(c7ccc8c(n7)C(C)N(C7CCC(=O)NC7O)C8=O)[C@@H](C)C6)C5)CC4)ncc3Cl)ccc2n(C(C)C)c1=O. The van der Waals surface area contributed by atoms with Gasteiger partial charge in [-0.25, -0.2) is 9.97 Å². The summed E-state index contributed by atoms with van der Waals surface area (Å²) in [5.74, 6) is 1.32. The summed E-state index contributed by atoms with van der Waals surface area (Å²) in [6.07, 6.45) is 5.37. The average molecular weight is 912 g/mol. The number of nitrogens with one attached hydrogen (secondary N) is 3. The molecule has 9 rings (SSSR count). The lowest BCUT2D eigenvalue weighted by molar-refractivity contribution is -0.130. The van der Waals surface area contributed by atoms with Crippen LogP contribution < -0.4 is 36.0 Å². The highest BCUT2D eigenvalue weighted by atomic mass is 35.5. The highest BCUT2D eigenvalue weighted by Crippen LogP contribution is 2.39. The molecule has 4 atom stereocenters. The normalized spacial score (nSPS) is 25.1. The Balaban J connectivity index is 0.753. The number of fused-ring (bicyclic) bond motifs is 2. The van der Waals surface area contributed by atoms with Crippen LogP contribution in [0.4, 0.5) is 23.3 Å². The number of piperidine rings is 2. The first kappa shape index (κ1) is 44.6. The molecule has 4 aliphatic heterocycles. The van der Waals surface area contributed by atoms with E-state index in [9.17, 15) is 24.3 Å². The van der Waals surface area contributed by atoms with E-state index in [0.717, 1.165) is 80.8 Å². The van der Waals surface area contributed by atoms with Gasteiger partial charge in [-0.3, -0.25) is 24.1 Å². The molecule has 19 heteroatoms. The van der Waals surface area contributed by atoms with Gasteiger partial charge >= 0.3 is 0 Å². The molecule has 7 heterocycles. The fraction of sp³-hybridized carbons (Fsp3) is 0.543. The summed E-state index contributed by atoms with van der Waals surface area (Å²) in [6, 6.07) is 10.9. The first-order valence-electron chi connectivity index (χ1n) is 22.8. The monoisotopic (exact) mass is 911 g/mol. The van der Waals surface area contributed by atoms with Gasteiger partial charge in [-0.1, -0.05) is 11.6 Å². The van der Waals surface area contributed by atoms with Crippen LogP contribution in [0.15, 0.2) is 47.4 Å². The first-order chi connectivity index (χ1) is 31.3. The van der Waals surface area contributed by atoms with Crippen molar-refractivity contribution >= 4 is 63.5 Å². The number of likely N-dealkylation sites (N-methyl/N-ethyl adjacent to an activating group) is 1. The molecule has 3 aromatic heterocycles. The number of rotatable bonds is 12. The van der Waals surface area contributed by atoms with Crippen molar-refractivity contribution in [1.82, 2.24) is 40.0 Å². The van der Waals surface area contributed by atoms with E-state index in [1.165, 1.54) is 7.05 Å². The molecule has 18 nitrogen and oxygen atoms in total. The highest BCUT2D eigenvalue weighted by Gasteiger charge is 2.45. The molecule has 1 aliphatic carbocycles. The van der Waals surface area contributed by atoms with Gasteiger partial charge in [0.25, 0.3) is 17.4 Å². The van der Waals surface area contributed by atoms with Gasteiger partial charge in [-0.2, -0.15) is 4.98 Å².